The second kappa shape index (κ2) is 10.5. The van der Waals surface area contributed by atoms with E-state index in [9.17, 15) is 0 Å². The first-order chi connectivity index (χ1) is 12.9. The van der Waals surface area contributed by atoms with E-state index in [4.69, 9.17) is 20.9 Å². The van der Waals surface area contributed by atoms with E-state index in [1.54, 1.807) is 0 Å². The van der Waals surface area contributed by atoms with Gasteiger partial charge in [0.25, 0.3) is 0 Å². The zero-order valence-electron chi connectivity index (χ0n) is 16.7. The molecule has 0 aliphatic carbocycles. The number of rotatable bonds is 10. The molecular formula is C22H31O2PS2. The van der Waals surface area contributed by atoms with E-state index < -0.39 is 5.69 Å². The second-order valence-electron chi connectivity index (χ2n) is 7.11. The van der Waals surface area contributed by atoms with Crippen LogP contribution in [-0.4, -0.2) is 0 Å². The van der Waals surface area contributed by atoms with Crippen LogP contribution in [0.25, 0.3) is 0 Å². The zero-order chi connectivity index (χ0) is 19.9. The summed E-state index contributed by atoms with van der Waals surface area (Å²) in [6.45, 7) is 8.83. The lowest BCUT2D eigenvalue weighted by atomic mass is 9.96. The Morgan fingerprint density at radius 2 is 1.19 bits per heavy atom. The lowest BCUT2D eigenvalue weighted by Crippen LogP contribution is -2.03. The summed E-state index contributed by atoms with van der Waals surface area (Å²) in [5.74, 6) is 2.39. The van der Waals surface area contributed by atoms with Gasteiger partial charge in [0.2, 0.25) is 0 Å². The van der Waals surface area contributed by atoms with Crippen LogP contribution in [0.4, 0.5) is 0 Å². The van der Waals surface area contributed by atoms with Gasteiger partial charge in [-0.25, -0.2) is 0 Å². The van der Waals surface area contributed by atoms with Crippen LogP contribution in [0.15, 0.2) is 48.5 Å². The van der Waals surface area contributed by atoms with Gasteiger partial charge in [-0.2, -0.15) is 0 Å². The Hall–Kier alpha value is -0.960. The van der Waals surface area contributed by atoms with Gasteiger partial charge in [0.05, 0.1) is 0 Å². The second-order valence-corrected chi connectivity index (χ2v) is 12.2. The van der Waals surface area contributed by atoms with Gasteiger partial charge in [-0.05, 0) is 59.7 Å². The van der Waals surface area contributed by atoms with Crippen molar-refractivity contribution in [1.82, 2.24) is 0 Å². The van der Waals surface area contributed by atoms with Gasteiger partial charge in [0.15, 0.2) is 0 Å². The van der Waals surface area contributed by atoms with Gasteiger partial charge in [-0.1, -0.05) is 89.2 Å². The fourth-order valence-electron chi connectivity index (χ4n) is 3.39. The molecule has 0 amide bonds. The Bertz CT molecular complexity index is 717. The molecule has 0 aromatic heterocycles. The first kappa shape index (κ1) is 22.3. The van der Waals surface area contributed by atoms with E-state index >= 15 is 0 Å². The maximum absolute atomic E-state index is 6.17. The molecule has 0 bridgehead atoms. The maximum atomic E-state index is 6.17. The highest BCUT2D eigenvalue weighted by atomic mass is 32.9. The average molecular weight is 423 g/mol. The normalized spacial score (nSPS) is 15.6. The Kier molecular flexibility index (Phi) is 8.72. The number of hydrogen-bond donors (Lipinski definition) is 1. The Morgan fingerprint density at radius 3 is 1.56 bits per heavy atom. The molecule has 5 heteroatoms. The van der Waals surface area contributed by atoms with E-state index in [-0.39, 0.29) is 0 Å². The van der Waals surface area contributed by atoms with E-state index in [0.717, 1.165) is 37.2 Å². The van der Waals surface area contributed by atoms with Gasteiger partial charge < -0.3 is 9.05 Å². The molecular weight excluding hydrogens is 391 g/mol. The van der Waals surface area contributed by atoms with Gasteiger partial charge in [-0.15, -0.1) is 0 Å². The summed E-state index contributed by atoms with van der Waals surface area (Å²) in [6.07, 6.45) is 4.47. The lowest BCUT2D eigenvalue weighted by Gasteiger charge is -2.24. The van der Waals surface area contributed by atoms with Gasteiger partial charge in [0.1, 0.15) is 11.5 Å². The average Bonchev–Trinajstić information content (AvgIpc) is 2.62. The predicted molar refractivity (Wildman–Crippen MR) is 124 cm³/mol. The van der Waals surface area contributed by atoms with Crippen molar-refractivity contribution in [1.29, 1.82) is 0 Å². The highest BCUT2D eigenvalue weighted by Gasteiger charge is 2.22. The molecule has 0 saturated heterocycles. The molecule has 2 rings (SSSR count). The minimum Gasteiger partial charge on any atom is -0.428 e. The summed E-state index contributed by atoms with van der Waals surface area (Å²) in [5, 5.41) is 0. The van der Waals surface area contributed by atoms with Gasteiger partial charge in [0, 0.05) is 0 Å². The first-order valence-electron chi connectivity index (χ1n) is 9.77. The van der Waals surface area contributed by atoms with Crippen LogP contribution < -0.4 is 9.05 Å². The quantitative estimate of drug-likeness (QED) is 0.308. The summed E-state index contributed by atoms with van der Waals surface area (Å²) in [5.41, 5.74) is -0.448. The summed E-state index contributed by atoms with van der Waals surface area (Å²) >= 11 is 10.3. The van der Waals surface area contributed by atoms with E-state index in [1.165, 1.54) is 11.1 Å². The molecule has 0 heterocycles. The molecule has 2 aromatic rings. The third kappa shape index (κ3) is 6.55. The molecule has 0 aliphatic heterocycles. The predicted octanol–water partition coefficient (Wildman–Crippen LogP) is 8.11. The largest absolute Gasteiger partial charge is 0.428 e. The molecule has 0 spiro atoms. The van der Waals surface area contributed by atoms with Crippen LogP contribution in [0.1, 0.15) is 76.3 Å². The highest BCUT2D eigenvalue weighted by Crippen LogP contribution is 2.55. The van der Waals surface area contributed by atoms with Crippen molar-refractivity contribution >= 4 is 29.7 Å². The molecule has 0 saturated carbocycles. The molecule has 0 aliphatic rings. The molecule has 0 radical (unpaired) electrons. The maximum Gasteiger partial charge on any atom is 0.345 e. The Balaban J connectivity index is 2.23. The van der Waals surface area contributed by atoms with Gasteiger partial charge >= 0.3 is 5.69 Å². The van der Waals surface area contributed by atoms with E-state index in [2.05, 4.69) is 52.1 Å². The first-order valence-corrected chi connectivity index (χ1v) is 13.6. The molecule has 148 valence electrons. The zero-order valence-corrected chi connectivity index (χ0v) is 19.3. The van der Waals surface area contributed by atoms with Gasteiger partial charge in [-0.3, -0.25) is 0 Å². The molecule has 2 nitrogen and oxygen atoms in total. The van der Waals surface area contributed by atoms with Crippen molar-refractivity contribution < 1.29 is 9.05 Å². The van der Waals surface area contributed by atoms with Crippen LogP contribution >= 0.6 is 17.9 Å². The van der Waals surface area contributed by atoms with Crippen LogP contribution in [0.3, 0.4) is 0 Å². The molecule has 0 fully saturated rings. The summed E-state index contributed by atoms with van der Waals surface area (Å²) < 4.78 is 12.3. The minimum absolute atomic E-state index is 0.409. The van der Waals surface area contributed by atoms with Crippen molar-refractivity contribution in [3.63, 3.8) is 0 Å². The summed E-state index contributed by atoms with van der Waals surface area (Å²) in [6, 6.07) is 16.2. The van der Waals surface area contributed by atoms with Crippen molar-refractivity contribution in [2.24, 2.45) is 0 Å². The van der Waals surface area contributed by atoms with Crippen LogP contribution in [0.5, 0.6) is 11.5 Å². The highest BCUT2D eigenvalue weighted by molar-refractivity contribution is 8.60. The number of hydrogen-bond acceptors (Lipinski definition) is 3. The lowest BCUT2D eigenvalue weighted by molar-refractivity contribution is 0.489. The molecule has 2 unspecified atom stereocenters. The molecule has 2 aromatic carbocycles. The summed E-state index contributed by atoms with van der Waals surface area (Å²) in [7, 11) is 0. The number of para-hydroxylation sites is 2. The Morgan fingerprint density at radius 1 is 0.815 bits per heavy atom. The molecule has 27 heavy (non-hydrogen) atoms. The standard InChI is InChI=1S/C22H31O2PS2/c1-5-11-17(3)19-13-7-9-15-21(19)23-25(26,27)24-22-16-10-8-14-20(22)18(4)12-6-2/h7-10,13-18H,5-6,11-12H2,1-4H3,(H,26,27). The van der Waals surface area contributed by atoms with Crippen LogP contribution in [0, 0.1) is 0 Å². The van der Waals surface area contributed by atoms with Crippen molar-refractivity contribution in [2.45, 2.75) is 65.2 Å². The minimum atomic E-state index is -2.78. The van der Waals surface area contributed by atoms with Crippen molar-refractivity contribution in [2.75, 3.05) is 0 Å². The number of thiol groups is 1. The third-order valence-electron chi connectivity index (χ3n) is 4.77. The molecule has 2 atom stereocenters. The third-order valence-corrected chi connectivity index (χ3v) is 6.56. The van der Waals surface area contributed by atoms with Crippen LogP contribution in [-0.2, 0) is 11.8 Å². The molecule has 0 N–H and O–H groups in total. The van der Waals surface area contributed by atoms with E-state index in [0.29, 0.717) is 11.8 Å². The van der Waals surface area contributed by atoms with Crippen LogP contribution in [0.2, 0.25) is 0 Å². The Labute approximate surface area is 175 Å². The van der Waals surface area contributed by atoms with Crippen molar-refractivity contribution in [3.05, 3.63) is 59.7 Å². The van der Waals surface area contributed by atoms with Crippen molar-refractivity contribution in [3.8, 4) is 11.5 Å². The summed E-state index contributed by atoms with van der Waals surface area (Å²) in [4.78, 5) is 0. The smallest absolute Gasteiger partial charge is 0.345 e. The SMILES string of the molecule is CCCC(C)c1ccccc1OP(=S)(S)Oc1ccccc1C(C)CCC. The monoisotopic (exact) mass is 422 g/mol. The fourth-order valence-corrected chi connectivity index (χ4v) is 5.26. The number of benzene rings is 2. The van der Waals surface area contributed by atoms with E-state index in [1.807, 2.05) is 36.4 Å². The topological polar surface area (TPSA) is 18.5 Å². The fraction of sp³-hybridized carbons (Fsp3) is 0.455.